The monoisotopic (exact) mass is 388 g/mol. The highest BCUT2D eigenvalue weighted by Gasteiger charge is 2.44. The summed E-state index contributed by atoms with van der Waals surface area (Å²) in [6, 6.07) is 16.6. The number of ketones is 1. The molecule has 1 unspecified atom stereocenters. The van der Waals surface area contributed by atoms with E-state index in [0.29, 0.717) is 11.1 Å². The molecule has 1 atom stereocenters. The Balaban J connectivity index is 1.86. The van der Waals surface area contributed by atoms with Crippen LogP contribution in [0.15, 0.2) is 84.7 Å². The van der Waals surface area contributed by atoms with Gasteiger partial charge in [0, 0.05) is 17.2 Å². The number of carbonyl (C=O) groups excluding carboxylic acids is 2. The molecular weight excluding hydrogens is 371 g/mol. The fourth-order valence-corrected chi connectivity index (χ4v) is 3.50. The number of hydrogen-bond donors (Lipinski definition) is 0. The number of benzene rings is 2. The summed E-state index contributed by atoms with van der Waals surface area (Å²) in [4.78, 5) is 30.0. The first kappa shape index (κ1) is 18.6. The van der Waals surface area contributed by atoms with Gasteiger partial charge in [0.1, 0.15) is 5.82 Å². The second kappa shape index (κ2) is 7.67. The molecule has 1 fully saturated rings. The van der Waals surface area contributed by atoms with Gasteiger partial charge in [-0.05, 0) is 29.3 Å². The molecule has 1 saturated heterocycles. The largest absolute Gasteiger partial charge is 0.872 e. The zero-order chi connectivity index (χ0) is 20.4. The SMILES string of the molecule is O=C1C(=O)N(Cc2ccc[nH+]c2)C(c2ccc(F)cc2)C1=C([O-])c1ccccc1. The maximum Gasteiger partial charge on any atom is 0.295 e. The van der Waals surface area contributed by atoms with E-state index in [1.54, 1.807) is 48.8 Å². The van der Waals surface area contributed by atoms with E-state index < -0.39 is 29.3 Å². The van der Waals surface area contributed by atoms with Crippen LogP contribution in [0.3, 0.4) is 0 Å². The smallest absolute Gasteiger partial charge is 0.295 e. The molecule has 1 aliphatic heterocycles. The predicted molar refractivity (Wildman–Crippen MR) is 101 cm³/mol. The number of hydrogen-bond acceptors (Lipinski definition) is 3. The molecule has 0 spiro atoms. The van der Waals surface area contributed by atoms with Gasteiger partial charge in [0.05, 0.1) is 12.6 Å². The minimum atomic E-state index is -0.886. The number of halogens is 1. The van der Waals surface area contributed by atoms with Crippen molar-refractivity contribution in [3.05, 3.63) is 107 Å². The molecule has 6 heteroatoms. The van der Waals surface area contributed by atoms with Crippen molar-refractivity contribution in [2.45, 2.75) is 12.6 Å². The summed E-state index contributed by atoms with van der Waals surface area (Å²) in [5.41, 5.74) is 1.48. The lowest BCUT2D eigenvalue weighted by Crippen LogP contribution is -2.29. The summed E-state index contributed by atoms with van der Waals surface area (Å²) >= 11 is 0. The zero-order valence-electron chi connectivity index (χ0n) is 15.3. The second-order valence-corrected chi connectivity index (χ2v) is 6.74. The molecule has 2 aromatic carbocycles. The number of aromatic nitrogens is 1. The van der Waals surface area contributed by atoms with Crippen LogP contribution in [-0.4, -0.2) is 16.6 Å². The lowest BCUT2D eigenvalue weighted by Gasteiger charge is -2.27. The van der Waals surface area contributed by atoms with Gasteiger partial charge in [-0.3, -0.25) is 9.59 Å². The van der Waals surface area contributed by atoms with E-state index in [4.69, 9.17) is 0 Å². The van der Waals surface area contributed by atoms with Crippen LogP contribution in [0.4, 0.5) is 4.39 Å². The molecule has 1 aliphatic rings. The van der Waals surface area contributed by atoms with Crippen LogP contribution in [0.2, 0.25) is 0 Å². The van der Waals surface area contributed by atoms with Crippen LogP contribution in [0.1, 0.15) is 22.7 Å². The van der Waals surface area contributed by atoms with E-state index in [1.807, 2.05) is 6.07 Å². The van der Waals surface area contributed by atoms with Crippen LogP contribution in [0.25, 0.3) is 5.76 Å². The van der Waals surface area contributed by atoms with Gasteiger partial charge in [-0.15, -0.1) is 0 Å². The molecule has 3 aromatic rings. The van der Waals surface area contributed by atoms with E-state index in [-0.39, 0.29) is 12.1 Å². The Labute approximate surface area is 166 Å². The lowest BCUT2D eigenvalue weighted by atomic mass is 9.95. The Morgan fingerprint density at radius 3 is 2.38 bits per heavy atom. The van der Waals surface area contributed by atoms with E-state index in [2.05, 4.69) is 4.98 Å². The Hall–Kier alpha value is -3.80. The topological polar surface area (TPSA) is 74.6 Å². The van der Waals surface area contributed by atoms with Crippen molar-refractivity contribution in [3.8, 4) is 0 Å². The van der Waals surface area contributed by atoms with Crippen LogP contribution < -0.4 is 10.1 Å². The van der Waals surface area contributed by atoms with Gasteiger partial charge in [-0.1, -0.05) is 48.2 Å². The van der Waals surface area contributed by atoms with Gasteiger partial charge in [0.2, 0.25) is 5.78 Å². The van der Waals surface area contributed by atoms with E-state index >= 15 is 0 Å². The van der Waals surface area contributed by atoms with Gasteiger partial charge in [0.25, 0.3) is 5.91 Å². The van der Waals surface area contributed by atoms with Crippen LogP contribution in [0.5, 0.6) is 0 Å². The maximum absolute atomic E-state index is 13.5. The summed E-state index contributed by atoms with van der Waals surface area (Å²) < 4.78 is 13.5. The summed E-state index contributed by atoms with van der Waals surface area (Å²) in [6.07, 6.45) is 3.45. The van der Waals surface area contributed by atoms with Crippen molar-refractivity contribution in [1.82, 2.24) is 4.90 Å². The quantitative estimate of drug-likeness (QED) is 0.390. The third-order valence-electron chi connectivity index (χ3n) is 4.88. The Morgan fingerprint density at radius 1 is 1.00 bits per heavy atom. The number of nitrogens with zero attached hydrogens (tertiary/aromatic N) is 1. The van der Waals surface area contributed by atoms with E-state index in [9.17, 15) is 19.1 Å². The maximum atomic E-state index is 13.5. The minimum Gasteiger partial charge on any atom is -0.872 e. The molecule has 144 valence electrons. The number of amides is 1. The molecular formula is C23H17FN2O3. The number of Topliss-reactive ketones (excluding diaryl/α,β-unsaturated/α-hetero) is 1. The van der Waals surface area contributed by atoms with Crippen molar-refractivity contribution in [2.75, 3.05) is 0 Å². The highest BCUT2D eigenvalue weighted by atomic mass is 19.1. The molecule has 1 N–H and O–H groups in total. The van der Waals surface area contributed by atoms with E-state index in [0.717, 1.165) is 5.56 Å². The second-order valence-electron chi connectivity index (χ2n) is 6.74. The molecule has 1 aromatic heterocycles. The summed E-state index contributed by atoms with van der Waals surface area (Å²) in [5, 5.41) is 13.1. The van der Waals surface area contributed by atoms with Crippen LogP contribution >= 0.6 is 0 Å². The summed E-state index contributed by atoms with van der Waals surface area (Å²) in [5.74, 6) is -2.51. The molecule has 1 amide bonds. The van der Waals surface area contributed by atoms with Gasteiger partial charge in [0.15, 0.2) is 12.4 Å². The van der Waals surface area contributed by atoms with Gasteiger partial charge in [-0.2, -0.15) is 0 Å². The third-order valence-corrected chi connectivity index (χ3v) is 4.88. The molecule has 0 bridgehead atoms. The number of likely N-dealkylation sites (tertiary alicyclic amines) is 1. The normalized spacial score (nSPS) is 18.2. The fraction of sp³-hybridized carbons (Fsp3) is 0.0870. The standard InChI is InChI=1S/C23H17FN2O3/c24-18-10-8-16(9-11-18)20-19(21(27)17-6-2-1-3-7-17)22(28)23(29)26(20)14-15-5-4-12-25-13-15/h1-13,20,27H,14H2. The van der Waals surface area contributed by atoms with Gasteiger partial charge < -0.3 is 10.0 Å². The van der Waals surface area contributed by atoms with E-state index in [1.165, 1.54) is 29.2 Å². The van der Waals surface area contributed by atoms with Crippen LogP contribution in [-0.2, 0) is 16.1 Å². The van der Waals surface area contributed by atoms with Gasteiger partial charge in [-0.25, -0.2) is 9.37 Å². The first-order chi connectivity index (χ1) is 14.1. The molecule has 5 nitrogen and oxygen atoms in total. The van der Waals surface area contributed by atoms with Gasteiger partial charge >= 0.3 is 0 Å². The lowest BCUT2D eigenvalue weighted by molar-refractivity contribution is -0.378. The molecule has 0 saturated carbocycles. The number of rotatable bonds is 4. The van der Waals surface area contributed by atoms with Crippen LogP contribution in [0, 0.1) is 5.82 Å². The predicted octanol–water partition coefficient (Wildman–Crippen LogP) is 2.06. The van der Waals surface area contributed by atoms with Crippen molar-refractivity contribution in [2.24, 2.45) is 0 Å². The number of nitrogens with one attached hydrogen (secondary N) is 1. The molecule has 0 aliphatic carbocycles. The highest BCUT2D eigenvalue weighted by molar-refractivity contribution is 6.46. The highest BCUT2D eigenvalue weighted by Crippen LogP contribution is 2.39. The number of aromatic amines is 1. The fourth-order valence-electron chi connectivity index (χ4n) is 3.50. The number of H-pyrrole nitrogens is 1. The average Bonchev–Trinajstić information content (AvgIpc) is 3.00. The molecule has 0 radical (unpaired) electrons. The molecule has 2 heterocycles. The average molecular weight is 388 g/mol. The Kier molecular flexibility index (Phi) is 4.91. The zero-order valence-corrected chi connectivity index (χ0v) is 15.3. The Morgan fingerprint density at radius 2 is 1.72 bits per heavy atom. The Bertz CT molecular complexity index is 1080. The van der Waals surface area contributed by atoms with Crippen molar-refractivity contribution >= 4 is 17.4 Å². The molecule has 4 rings (SSSR count). The first-order valence-electron chi connectivity index (χ1n) is 9.08. The first-order valence-corrected chi connectivity index (χ1v) is 9.08. The number of pyridine rings is 1. The van der Waals surface area contributed by atoms with Crippen molar-refractivity contribution in [1.29, 1.82) is 0 Å². The van der Waals surface area contributed by atoms with Crippen molar-refractivity contribution in [3.63, 3.8) is 0 Å². The summed E-state index contributed by atoms with van der Waals surface area (Å²) in [6.45, 7) is 0.134. The molecule has 29 heavy (non-hydrogen) atoms. The van der Waals surface area contributed by atoms with Crippen molar-refractivity contribution < 1.29 is 24.1 Å². The minimum absolute atomic E-state index is 0.118. The third kappa shape index (κ3) is 3.52. The summed E-state index contributed by atoms with van der Waals surface area (Å²) in [7, 11) is 0. The number of carbonyl (C=O) groups is 2.